The summed E-state index contributed by atoms with van der Waals surface area (Å²) < 4.78 is 5.78. The van der Waals surface area contributed by atoms with Gasteiger partial charge < -0.3 is 14.7 Å². The van der Waals surface area contributed by atoms with Gasteiger partial charge in [-0.2, -0.15) is 0 Å². The zero-order valence-corrected chi connectivity index (χ0v) is 19.2. The number of hydrogen-bond acceptors (Lipinski definition) is 5. The Hall–Kier alpha value is -2.89. The van der Waals surface area contributed by atoms with Gasteiger partial charge in [0.2, 0.25) is 0 Å². The van der Waals surface area contributed by atoms with Crippen LogP contribution in [0.1, 0.15) is 51.8 Å². The van der Waals surface area contributed by atoms with Crippen LogP contribution in [0.2, 0.25) is 0 Å². The number of rotatable bonds is 7. The number of pyridine rings is 2. The topological polar surface area (TPSA) is 75.6 Å². The van der Waals surface area contributed by atoms with Crippen molar-refractivity contribution in [3.05, 3.63) is 47.4 Å². The summed E-state index contributed by atoms with van der Waals surface area (Å²) in [6, 6.07) is 3.83. The first-order valence-corrected chi connectivity index (χ1v) is 10.9. The van der Waals surface area contributed by atoms with Crippen LogP contribution in [0.4, 0.5) is 5.69 Å². The van der Waals surface area contributed by atoms with Crippen molar-refractivity contribution < 1.29 is 14.6 Å². The fraction of sp³-hybridized carbons (Fsp3) is 0.480. The van der Waals surface area contributed by atoms with Crippen LogP contribution in [0.3, 0.4) is 0 Å². The number of aliphatic carboxylic acids is 1. The molecule has 0 aliphatic carbocycles. The second-order valence-corrected chi connectivity index (χ2v) is 9.11. The van der Waals surface area contributed by atoms with E-state index in [9.17, 15) is 9.90 Å². The van der Waals surface area contributed by atoms with E-state index in [0.29, 0.717) is 17.8 Å². The number of allylic oxidation sites excluding steroid dienone is 1. The molecule has 1 fully saturated rings. The summed E-state index contributed by atoms with van der Waals surface area (Å²) in [6.07, 6.45) is 7.64. The molecule has 0 unspecified atom stereocenters. The maximum absolute atomic E-state index is 11.6. The summed E-state index contributed by atoms with van der Waals surface area (Å²) in [5.74, 6) is -0.145. The van der Waals surface area contributed by atoms with Crippen molar-refractivity contribution in [1.82, 2.24) is 9.97 Å². The minimum Gasteiger partial charge on any atom is -0.488 e. The lowest BCUT2D eigenvalue weighted by Crippen LogP contribution is -2.38. The fourth-order valence-corrected chi connectivity index (χ4v) is 3.79. The molecule has 1 saturated heterocycles. The monoisotopic (exact) mass is 423 g/mol. The van der Waals surface area contributed by atoms with Crippen molar-refractivity contribution in [2.45, 2.75) is 53.9 Å². The number of ether oxygens (including phenoxy) is 1. The summed E-state index contributed by atoms with van der Waals surface area (Å²) in [4.78, 5) is 23.1. The van der Waals surface area contributed by atoms with Crippen molar-refractivity contribution in [2.75, 3.05) is 24.6 Å². The number of carbonyl (C=O) groups is 1. The number of aromatic nitrogens is 2. The predicted octanol–water partition coefficient (Wildman–Crippen LogP) is 5.05. The number of anilines is 1. The van der Waals surface area contributed by atoms with Crippen LogP contribution in [0.25, 0.3) is 11.3 Å². The molecule has 1 aliphatic rings. The highest BCUT2D eigenvalue weighted by Gasteiger charge is 2.29. The van der Waals surface area contributed by atoms with Crippen LogP contribution in [-0.2, 0) is 11.2 Å². The van der Waals surface area contributed by atoms with Gasteiger partial charge in [0.25, 0.3) is 0 Å². The lowest BCUT2D eigenvalue weighted by molar-refractivity contribution is -0.136. The van der Waals surface area contributed by atoms with Crippen molar-refractivity contribution in [3.8, 4) is 17.0 Å². The van der Waals surface area contributed by atoms with Crippen LogP contribution in [0.15, 0.2) is 36.2 Å². The molecule has 3 heterocycles. The second-order valence-electron chi connectivity index (χ2n) is 9.11. The molecule has 166 valence electrons. The zero-order chi connectivity index (χ0) is 22.6. The van der Waals surface area contributed by atoms with Gasteiger partial charge in [0.1, 0.15) is 12.4 Å². The van der Waals surface area contributed by atoms with E-state index in [0.717, 1.165) is 59.7 Å². The summed E-state index contributed by atoms with van der Waals surface area (Å²) >= 11 is 0. The van der Waals surface area contributed by atoms with Gasteiger partial charge in [-0.05, 0) is 56.7 Å². The molecule has 0 aromatic carbocycles. The third-order valence-corrected chi connectivity index (χ3v) is 6.10. The number of hydrogen-bond donors (Lipinski definition) is 1. The number of aryl methyl sites for hydroxylation is 1. The van der Waals surface area contributed by atoms with E-state index in [4.69, 9.17) is 4.74 Å². The predicted molar refractivity (Wildman–Crippen MR) is 124 cm³/mol. The maximum atomic E-state index is 11.6. The number of carboxylic acids is 1. The molecule has 6 heteroatoms. The highest BCUT2D eigenvalue weighted by molar-refractivity contribution is 5.83. The van der Waals surface area contributed by atoms with E-state index in [2.05, 4.69) is 28.7 Å². The summed E-state index contributed by atoms with van der Waals surface area (Å²) in [6.45, 7) is 12.8. The Balaban J connectivity index is 1.98. The van der Waals surface area contributed by atoms with E-state index in [1.165, 1.54) is 0 Å². The van der Waals surface area contributed by atoms with Gasteiger partial charge in [-0.15, -0.1) is 0 Å². The van der Waals surface area contributed by atoms with Gasteiger partial charge in [-0.3, -0.25) is 14.8 Å². The molecule has 0 atom stereocenters. The Morgan fingerprint density at radius 2 is 1.94 bits per heavy atom. The quantitative estimate of drug-likeness (QED) is 0.628. The highest BCUT2D eigenvalue weighted by Crippen LogP contribution is 2.39. The Morgan fingerprint density at radius 1 is 1.23 bits per heavy atom. The van der Waals surface area contributed by atoms with Crippen molar-refractivity contribution >= 4 is 11.7 Å². The second kappa shape index (κ2) is 9.50. The van der Waals surface area contributed by atoms with E-state index < -0.39 is 5.97 Å². The molecular weight excluding hydrogens is 390 g/mol. The molecule has 0 bridgehead atoms. The maximum Gasteiger partial charge on any atom is 0.307 e. The molecule has 0 amide bonds. The first kappa shape index (κ1) is 22.8. The Morgan fingerprint density at radius 3 is 2.52 bits per heavy atom. The third-order valence-electron chi connectivity index (χ3n) is 6.10. The molecule has 0 radical (unpaired) electrons. The minimum absolute atomic E-state index is 0.0499. The van der Waals surface area contributed by atoms with E-state index in [-0.39, 0.29) is 6.42 Å². The first-order valence-electron chi connectivity index (χ1n) is 10.9. The fourth-order valence-electron chi connectivity index (χ4n) is 3.79. The number of piperidine rings is 1. The van der Waals surface area contributed by atoms with Gasteiger partial charge in [0.05, 0.1) is 24.0 Å². The third kappa shape index (κ3) is 5.63. The zero-order valence-electron chi connectivity index (χ0n) is 19.2. The van der Waals surface area contributed by atoms with Crippen molar-refractivity contribution in [2.24, 2.45) is 5.41 Å². The molecule has 31 heavy (non-hydrogen) atoms. The highest BCUT2D eigenvalue weighted by atomic mass is 16.5. The number of carboxylic acid groups (broad SMARTS) is 1. The van der Waals surface area contributed by atoms with E-state index in [1.54, 1.807) is 6.20 Å². The average Bonchev–Trinajstić information content (AvgIpc) is 2.74. The summed E-state index contributed by atoms with van der Waals surface area (Å²) in [5, 5.41) is 9.54. The minimum atomic E-state index is -0.850. The van der Waals surface area contributed by atoms with Crippen LogP contribution in [0.5, 0.6) is 5.75 Å². The molecule has 2 aromatic rings. The summed E-state index contributed by atoms with van der Waals surface area (Å²) in [5.41, 5.74) is 5.58. The van der Waals surface area contributed by atoms with Gasteiger partial charge in [-0.1, -0.05) is 19.9 Å². The Labute approximate surface area is 185 Å². The van der Waals surface area contributed by atoms with E-state index >= 15 is 0 Å². The Bertz CT molecular complexity index is 955. The summed E-state index contributed by atoms with van der Waals surface area (Å²) in [7, 11) is 0. The van der Waals surface area contributed by atoms with Crippen LogP contribution in [0, 0.1) is 12.3 Å². The average molecular weight is 424 g/mol. The lowest BCUT2D eigenvalue weighted by atomic mass is 9.82. The van der Waals surface area contributed by atoms with Gasteiger partial charge >= 0.3 is 5.97 Å². The standard InChI is InChI=1S/C25H33N3O3/c1-6-17(2)16-31-19-7-8-22(27-14-19)21-15-26-18(3)20(13-23(29)30)24(21)28-11-9-25(4,5)10-12-28/h6-8,14-15H,9-13,16H2,1-5H3,(H,29,30)/b17-6+. The van der Waals surface area contributed by atoms with Crippen molar-refractivity contribution in [3.63, 3.8) is 0 Å². The molecule has 0 saturated carbocycles. The largest absolute Gasteiger partial charge is 0.488 e. The Kier molecular flexibility index (Phi) is 6.98. The van der Waals surface area contributed by atoms with Gasteiger partial charge in [-0.25, -0.2) is 0 Å². The molecule has 6 nitrogen and oxygen atoms in total. The van der Waals surface area contributed by atoms with Crippen LogP contribution < -0.4 is 9.64 Å². The van der Waals surface area contributed by atoms with Crippen LogP contribution in [-0.4, -0.2) is 40.7 Å². The van der Waals surface area contributed by atoms with Gasteiger partial charge in [0.15, 0.2) is 0 Å². The number of nitrogens with zero attached hydrogens (tertiary/aromatic N) is 3. The van der Waals surface area contributed by atoms with Crippen LogP contribution >= 0.6 is 0 Å². The molecular formula is C25H33N3O3. The molecule has 2 aromatic heterocycles. The first-order chi connectivity index (χ1) is 14.7. The van der Waals surface area contributed by atoms with Crippen molar-refractivity contribution in [1.29, 1.82) is 0 Å². The SMILES string of the molecule is C/C=C(\C)COc1ccc(-c2cnc(C)c(CC(=O)O)c2N2CCC(C)(C)CC2)nc1. The smallest absolute Gasteiger partial charge is 0.307 e. The molecule has 1 N–H and O–H groups in total. The molecule has 3 rings (SSSR count). The van der Waals surface area contributed by atoms with E-state index in [1.807, 2.05) is 45.2 Å². The van der Waals surface area contributed by atoms with Gasteiger partial charge in [0, 0.05) is 36.1 Å². The lowest BCUT2D eigenvalue weighted by Gasteiger charge is -2.40. The molecule has 0 spiro atoms. The molecule has 1 aliphatic heterocycles. The normalized spacial score (nSPS) is 16.3.